The first kappa shape index (κ1) is 29.6. The minimum Gasteiger partial charge on any atom is -0.618 e. The average molecular weight is 586 g/mol. The zero-order valence-electron chi connectivity index (χ0n) is 23.4. The summed E-state index contributed by atoms with van der Waals surface area (Å²) in [5.74, 6) is 0.599. The van der Waals surface area contributed by atoms with Crippen molar-refractivity contribution >= 4 is 17.8 Å². The van der Waals surface area contributed by atoms with Crippen LogP contribution in [0.4, 0.5) is 4.79 Å². The predicted molar refractivity (Wildman–Crippen MR) is 162 cm³/mol. The fraction of sp³-hybridized carbons (Fsp3) is 0.273. The van der Waals surface area contributed by atoms with E-state index in [1.807, 2.05) is 91.9 Å². The highest BCUT2D eigenvalue weighted by Crippen LogP contribution is 2.39. The van der Waals surface area contributed by atoms with Gasteiger partial charge in [-0.25, -0.2) is 4.79 Å². The van der Waals surface area contributed by atoms with Crippen molar-refractivity contribution in [1.82, 2.24) is 10.6 Å². The summed E-state index contributed by atoms with van der Waals surface area (Å²) in [7, 11) is 0. The molecule has 4 aromatic rings. The number of urea groups is 1. The number of carbonyl (C=O) groups excluding carboxylic acids is 1. The van der Waals surface area contributed by atoms with Crippen molar-refractivity contribution < 1.29 is 24.1 Å². The Balaban J connectivity index is 1.34. The van der Waals surface area contributed by atoms with Crippen LogP contribution in [0.15, 0.2) is 102 Å². The molecule has 0 bridgehead atoms. The number of hydrogen-bond donors (Lipinski definition) is 3. The minimum absolute atomic E-state index is 0.0133. The summed E-state index contributed by atoms with van der Waals surface area (Å²) in [5.41, 5.74) is 5.82. The number of carbonyl (C=O) groups is 1. The molecule has 1 saturated heterocycles. The number of nitrogens with zero attached hydrogens (tertiary/aromatic N) is 1. The zero-order valence-corrected chi connectivity index (χ0v) is 24.3. The van der Waals surface area contributed by atoms with Gasteiger partial charge in [0, 0.05) is 43.0 Å². The maximum Gasteiger partial charge on any atom is 0.315 e. The van der Waals surface area contributed by atoms with Crippen LogP contribution >= 0.6 is 11.8 Å². The largest absolute Gasteiger partial charge is 0.618 e. The van der Waals surface area contributed by atoms with Crippen molar-refractivity contribution in [3.05, 3.63) is 125 Å². The molecule has 0 radical (unpaired) electrons. The number of ether oxygens (including phenoxy) is 2. The predicted octanol–water partition coefficient (Wildman–Crippen LogP) is 5.64. The number of nitrogens with one attached hydrogen (secondary N) is 2. The second kappa shape index (κ2) is 14.3. The second-order valence-electron chi connectivity index (χ2n) is 10.0. The topological polar surface area (TPSA) is 107 Å². The number of thioether (sulfide) groups is 1. The van der Waals surface area contributed by atoms with E-state index in [4.69, 9.17) is 9.47 Å². The van der Waals surface area contributed by atoms with Gasteiger partial charge in [-0.3, -0.25) is 0 Å². The minimum atomic E-state index is -0.592. The van der Waals surface area contributed by atoms with Crippen molar-refractivity contribution in [1.29, 1.82) is 0 Å². The van der Waals surface area contributed by atoms with E-state index >= 15 is 0 Å². The van der Waals surface area contributed by atoms with Crippen LogP contribution in [0.25, 0.3) is 11.1 Å². The molecule has 1 aliphatic heterocycles. The van der Waals surface area contributed by atoms with Crippen molar-refractivity contribution in [3.63, 3.8) is 0 Å². The maximum atomic E-state index is 12.2. The molecule has 2 amide bonds. The molecular weight excluding hydrogens is 550 g/mol. The molecule has 3 atom stereocenters. The molecule has 0 unspecified atom stereocenters. The number of pyridine rings is 1. The van der Waals surface area contributed by atoms with Gasteiger partial charge in [0.1, 0.15) is 0 Å². The van der Waals surface area contributed by atoms with E-state index < -0.39 is 6.29 Å². The summed E-state index contributed by atoms with van der Waals surface area (Å²) in [6, 6.07) is 29.1. The van der Waals surface area contributed by atoms with Crippen LogP contribution < -0.4 is 15.4 Å². The van der Waals surface area contributed by atoms with Gasteiger partial charge in [0.2, 0.25) is 0 Å². The third-order valence-corrected chi connectivity index (χ3v) is 8.26. The van der Waals surface area contributed by atoms with Crippen LogP contribution in [0.5, 0.6) is 0 Å². The van der Waals surface area contributed by atoms with E-state index in [1.54, 1.807) is 6.07 Å². The van der Waals surface area contributed by atoms with Crippen LogP contribution in [0, 0.1) is 5.21 Å². The number of amides is 2. The number of rotatable bonds is 10. The van der Waals surface area contributed by atoms with Crippen molar-refractivity contribution in [2.24, 2.45) is 0 Å². The highest BCUT2D eigenvalue weighted by Gasteiger charge is 2.32. The highest BCUT2D eigenvalue weighted by molar-refractivity contribution is 7.99. The number of aliphatic hydroxyl groups is 1. The Labute approximate surface area is 250 Å². The summed E-state index contributed by atoms with van der Waals surface area (Å²) in [5, 5.41) is 27.9. The van der Waals surface area contributed by atoms with Gasteiger partial charge < -0.3 is 30.4 Å². The van der Waals surface area contributed by atoms with Crippen LogP contribution in [-0.4, -0.2) is 29.5 Å². The lowest BCUT2D eigenvalue weighted by molar-refractivity contribution is -0.645. The Hall–Kier alpha value is -3.89. The van der Waals surface area contributed by atoms with Gasteiger partial charge in [-0.05, 0) is 40.8 Å². The Morgan fingerprint density at radius 3 is 2.43 bits per heavy atom. The lowest BCUT2D eigenvalue weighted by atomic mass is 9.98. The smallest absolute Gasteiger partial charge is 0.315 e. The van der Waals surface area contributed by atoms with E-state index in [-0.39, 0.29) is 24.8 Å². The average Bonchev–Trinajstić information content (AvgIpc) is 3.04. The number of hydrogen-bond acceptors (Lipinski definition) is 6. The van der Waals surface area contributed by atoms with Crippen molar-refractivity contribution in [2.45, 2.75) is 50.0 Å². The molecule has 0 saturated carbocycles. The van der Waals surface area contributed by atoms with E-state index in [0.717, 1.165) is 38.1 Å². The lowest BCUT2D eigenvalue weighted by Gasteiger charge is -2.36. The summed E-state index contributed by atoms with van der Waals surface area (Å²) < 4.78 is 13.8. The van der Waals surface area contributed by atoms with Crippen LogP contribution in [0.1, 0.15) is 48.0 Å². The molecule has 1 fully saturated rings. The molecule has 42 heavy (non-hydrogen) atoms. The van der Waals surface area contributed by atoms with E-state index in [0.29, 0.717) is 30.3 Å². The van der Waals surface area contributed by atoms with Crippen molar-refractivity contribution in [2.75, 3.05) is 12.3 Å². The molecule has 9 heteroatoms. The highest BCUT2D eigenvalue weighted by atomic mass is 32.2. The van der Waals surface area contributed by atoms with Gasteiger partial charge in [0.05, 0.1) is 18.8 Å². The Bertz CT molecular complexity index is 1470. The third-order valence-electron chi connectivity index (χ3n) is 7.11. The zero-order chi connectivity index (χ0) is 29.3. The molecule has 1 aromatic heterocycles. The second-order valence-corrected chi connectivity index (χ2v) is 11.1. The van der Waals surface area contributed by atoms with E-state index in [1.165, 1.54) is 18.0 Å². The van der Waals surface area contributed by atoms with Gasteiger partial charge in [0.15, 0.2) is 12.5 Å². The first-order valence-corrected chi connectivity index (χ1v) is 15.0. The van der Waals surface area contributed by atoms with Crippen LogP contribution in [0.2, 0.25) is 0 Å². The molecule has 2 heterocycles. The van der Waals surface area contributed by atoms with Crippen LogP contribution in [-0.2, 0) is 22.6 Å². The molecular formula is C33H35N3O5S. The van der Waals surface area contributed by atoms with E-state index in [2.05, 4.69) is 10.6 Å². The molecule has 3 aromatic carbocycles. The SMILES string of the molecule is CCNC(=O)NCc1ccccc1-c1ccc([C@@H]2O[C@H](CSc3cccc[n+]3[O-])C[C@H](c3ccc(CO)cc3)O2)cc1. The Morgan fingerprint density at radius 2 is 1.69 bits per heavy atom. The Kier molecular flexibility index (Phi) is 10.1. The third kappa shape index (κ3) is 7.49. The summed E-state index contributed by atoms with van der Waals surface area (Å²) in [4.78, 5) is 11.9. The fourth-order valence-corrected chi connectivity index (χ4v) is 5.83. The summed E-state index contributed by atoms with van der Waals surface area (Å²) in [6.45, 7) is 2.86. The standard InChI is InChI=1S/C33H35N3O5S/c1-2-34-33(38)35-20-27-7-3-4-8-29(27)24-14-16-26(17-15-24)32-40-28(22-42-31-9-5-6-18-36(31)39)19-30(41-32)25-12-10-23(21-37)11-13-25/h3-18,28,30,32,37H,2,19-22H2,1H3,(H2,34,35,38)/t28-,30+,32+/m0/s1. The van der Waals surface area contributed by atoms with E-state index in [9.17, 15) is 15.1 Å². The summed E-state index contributed by atoms with van der Waals surface area (Å²) >= 11 is 1.47. The van der Waals surface area contributed by atoms with Gasteiger partial charge in [-0.15, -0.1) is 0 Å². The Morgan fingerprint density at radius 1 is 0.952 bits per heavy atom. The van der Waals surface area contributed by atoms with Gasteiger partial charge in [0.25, 0.3) is 5.03 Å². The van der Waals surface area contributed by atoms with Gasteiger partial charge in [-0.1, -0.05) is 84.6 Å². The first-order chi connectivity index (χ1) is 20.5. The number of aliphatic hydroxyl groups excluding tert-OH is 1. The number of benzene rings is 3. The molecule has 3 N–H and O–H groups in total. The van der Waals surface area contributed by atoms with Crippen molar-refractivity contribution in [3.8, 4) is 11.1 Å². The molecule has 0 spiro atoms. The first-order valence-electron chi connectivity index (χ1n) is 14.1. The lowest BCUT2D eigenvalue weighted by Crippen LogP contribution is -2.34. The summed E-state index contributed by atoms with van der Waals surface area (Å²) in [6.07, 6.45) is 1.18. The molecule has 5 rings (SSSR count). The molecule has 8 nitrogen and oxygen atoms in total. The molecule has 1 aliphatic rings. The maximum absolute atomic E-state index is 12.2. The molecule has 0 aliphatic carbocycles. The van der Waals surface area contributed by atoms with Gasteiger partial charge in [-0.2, -0.15) is 4.73 Å². The quantitative estimate of drug-likeness (QED) is 0.126. The normalized spacial score (nSPS) is 18.4. The molecule has 218 valence electrons. The fourth-order valence-electron chi connectivity index (χ4n) is 4.90. The number of aromatic nitrogens is 1. The van der Waals surface area contributed by atoms with Gasteiger partial charge >= 0.3 is 6.03 Å². The van der Waals surface area contributed by atoms with Crippen LogP contribution in [0.3, 0.4) is 0 Å². The monoisotopic (exact) mass is 585 g/mol.